The highest BCUT2D eigenvalue weighted by molar-refractivity contribution is 7.92. The van der Waals surface area contributed by atoms with Crippen molar-refractivity contribution in [1.29, 1.82) is 0 Å². The van der Waals surface area contributed by atoms with Gasteiger partial charge in [-0.05, 0) is 78.5 Å². The molecule has 1 aromatic heterocycles. The molecule has 1 amide bonds. The highest BCUT2D eigenvalue weighted by Crippen LogP contribution is 2.33. The van der Waals surface area contributed by atoms with Crippen LogP contribution in [0.3, 0.4) is 0 Å². The number of fused-ring (bicyclic) bond motifs is 1. The number of benzene rings is 3. The van der Waals surface area contributed by atoms with Crippen molar-refractivity contribution in [3.63, 3.8) is 0 Å². The number of alkyl halides is 3. The van der Waals surface area contributed by atoms with Gasteiger partial charge in [0.25, 0.3) is 15.9 Å². The van der Waals surface area contributed by atoms with Gasteiger partial charge in [0.2, 0.25) is 0 Å². The minimum Gasteiger partial charge on any atom is -0.496 e. The van der Waals surface area contributed by atoms with E-state index < -0.39 is 27.7 Å². The smallest absolute Gasteiger partial charge is 0.416 e. The zero-order chi connectivity index (χ0) is 26.3. The summed E-state index contributed by atoms with van der Waals surface area (Å²) in [6.45, 7) is 1.75. The fraction of sp³-hybridized carbons (Fsp3) is 0.160. The van der Waals surface area contributed by atoms with Crippen molar-refractivity contribution in [3.8, 4) is 5.75 Å². The number of amides is 1. The van der Waals surface area contributed by atoms with Gasteiger partial charge in [0.15, 0.2) is 0 Å². The number of anilines is 2. The maximum Gasteiger partial charge on any atom is 0.416 e. The Bertz CT molecular complexity index is 1560. The molecule has 0 saturated carbocycles. The SMILES string of the molecule is COc1ccc(S(=O)(=O)N(C)c2ccc3sc(C(=O)Nc4cccc(C(F)(F)F)c4)cc3c2)cc1C. The van der Waals surface area contributed by atoms with Gasteiger partial charge in [-0.3, -0.25) is 9.10 Å². The number of nitrogens with one attached hydrogen (secondary N) is 1. The summed E-state index contributed by atoms with van der Waals surface area (Å²) in [5, 5.41) is 3.11. The van der Waals surface area contributed by atoms with Gasteiger partial charge in [0, 0.05) is 17.4 Å². The topological polar surface area (TPSA) is 75.7 Å². The van der Waals surface area contributed by atoms with Crippen molar-refractivity contribution in [2.75, 3.05) is 23.8 Å². The molecule has 1 N–H and O–H groups in total. The van der Waals surface area contributed by atoms with E-state index in [1.807, 2.05) is 0 Å². The van der Waals surface area contributed by atoms with E-state index in [2.05, 4.69) is 5.32 Å². The molecule has 36 heavy (non-hydrogen) atoms. The predicted octanol–water partition coefficient (Wildman–Crippen LogP) is 6.31. The van der Waals surface area contributed by atoms with Gasteiger partial charge in [-0.1, -0.05) is 6.07 Å². The summed E-state index contributed by atoms with van der Waals surface area (Å²) < 4.78 is 72.3. The molecule has 0 spiro atoms. The molecule has 0 aliphatic rings. The van der Waals surface area contributed by atoms with Crippen LogP contribution in [0.25, 0.3) is 10.1 Å². The number of aryl methyl sites for hydroxylation is 1. The van der Waals surface area contributed by atoms with Gasteiger partial charge in [-0.25, -0.2) is 8.42 Å². The molecule has 0 aliphatic heterocycles. The van der Waals surface area contributed by atoms with Crippen LogP contribution in [-0.2, 0) is 16.2 Å². The summed E-state index contributed by atoms with van der Waals surface area (Å²) >= 11 is 1.15. The van der Waals surface area contributed by atoms with Crippen molar-refractivity contribution >= 4 is 48.7 Å². The first-order chi connectivity index (χ1) is 16.9. The number of nitrogens with zero attached hydrogens (tertiary/aromatic N) is 1. The number of hydrogen-bond donors (Lipinski definition) is 1. The van der Waals surface area contributed by atoms with Crippen LogP contribution >= 0.6 is 11.3 Å². The van der Waals surface area contributed by atoms with Crippen LogP contribution < -0.4 is 14.4 Å². The summed E-state index contributed by atoms with van der Waals surface area (Å²) in [5.41, 5.74) is 0.224. The first-order valence-corrected chi connectivity index (χ1v) is 12.8. The Morgan fingerprint density at radius 2 is 1.78 bits per heavy atom. The Hall–Kier alpha value is -3.57. The number of halogens is 3. The zero-order valence-corrected chi connectivity index (χ0v) is 21.0. The van der Waals surface area contributed by atoms with Crippen molar-refractivity contribution in [2.45, 2.75) is 18.0 Å². The molecule has 6 nitrogen and oxygen atoms in total. The summed E-state index contributed by atoms with van der Waals surface area (Å²) in [6.07, 6.45) is -4.52. The molecular formula is C25H21F3N2O4S2. The lowest BCUT2D eigenvalue weighted by atomic mass is 10.2. The van der Waals surface area contributed by atoms with E-state index >= 15 is 0 Å². The largest absolute Gasteiger partial charge is 0.496 e. The van der Waals surface area contributed by atoms with Crippen molar-refractivity contribution < 1.29 is 31.1 Å². The Morgan fingerprint density at radius 1 is 1.03 bits per heavy atom. The standard InChI is InChI=1S/C25H21F3N2O4S2/c1-15-11-20(8-9-21(15)34-3)36(32,33)30(2)19-7-10-22-16(12-19)13-23(35-22)24(31)29-18-6-4-5-17(14-18)25(26,27)28/h4-14H,1-3H3,(H,29,31). The summed E-state index contributed by atoms with van der Waals surface area (Å²) in [6, 6.07) is 15.5. The van der Waals surface area contributed by atoms with E-state index in [4.69, 9.17) is 4.74 Å². The number of carbonyl (C=O) groups excluding carboxylic acids is 1. The van der Waals surface area contributed by atoms with Crippen LogP contribution in [0.15, 0.2) is 71.6 Å². The quantitative estimate of drug-likeness (QED) is 0.314. The van der Waals surface area contributed by atoms with E-state index in [0.717, 1.165) is 32.5 Å². The van der Waals surface area contributed by atoms with E-state index in [9.17, 15) is 26.4 Å². The molecule has 0 bridgehead atoms. The van der Waals surface area contributed by atoms with Crippen LogP contribution in [0, 0.1) is 6.92 Å². The number of rotatable bonds is 6. The highest BCUT2D eigenvalue weighted by Gasteiger charge is 2.30. The van der Waals surface area contributed by atoms with E-state index in [1.54, 1.807) is 37.3 Å². The van der Waals surface area contributed by atoms with Crippen molar-refractivity contribution in [1.82, 2.24) is 0 Å². The predicted molar refractivity (Wildman–Crippen MR) is 135 cm³/mol. The molecule has 1 heterocycles. The van der Waals surface area contributed by atoms with E-state index in [1.165, 1.54) is 38.4 Å². The summed E-state index contributed by atoms with van der Waals surface area (Å²) in [5.74, 6) is 0.0130. The minimum atomic E-state index is -4.52. The molecule has 188 valence electrons. The Balaban J connectivity index is 1.59. The monoisotopic (exact) mass is 534 g/mol. The average molecular weight is 535 g/mol. The molecule has 0 saturated heterocycles. The first kappa shape index (κ1) is 25.5. The van der Waals surface area contributed by atoms with Crippen LogP contribution in [0.5, 0.6) is 5.75 Å². The van der Waals surface area contributed by atoms with Crippen LogP contribution in [0.1, 0.15) is 20.8 Å². The number of methoxy groups -OCH3 is 1. The average Bonchev–Trinajstić information content (AvgIpc) is 3.27. The third-order valence-corrected chi connectivity index (χ3v) is 8.46. The number of carbonyl (C=O) groups is 1. The van der Waals surface area contributed by atoms with Gasteiger partial charge in [-0.2, -0.15) is 13.2 Å². The molecule has 0 aliphatic carbocycles. The summed E-state index contributed by atoms with van der Waals surface area (Å²) in [7, 11) is -0.924. The first-order valence-electron chi connectivity index (χ1n) is 10.6. The van der Waals surface area contributed by atoms with Gasteiger partial charge in [-0.15, -0.1) is 11.3 Å². The molecule has 0 radical (unpaired) electrons. The fourth-order valence-electron chi connectivity index (χ4n) is 3.61. The lowest BCUT2D eigenvalue weighted by Gasteiger charge is -2.20. The van der Waals surface area contributed by atoms with E-state index in [0.29, 0.717) is 22.4 Å². The molecule has 3 aromatic carbocycles. The van der Waals surface area contributed by atoms with Crippen LogP contribution in [0.2, 0.25) is 0 Å². The van der Waals surface area contributed by atoms with Gasteiger partial charge in [0.05, 0.1) is 28.1 Å². The third-order valence-electron chi connectivity index (χ3n) is 5.56. The molecule has 0 unspecified atom stereocenters. The summed E-state index contributed by atoms with van der Waals surface area (Å²) in [4.78, 5) is 13.1. The second kappa shape index (κ2) is 9.47. The maximum atomic E-state index is 13.2. The Morgan fingerprint density at radius 3 is 2.44 bits per heavy atom. The van der Waals surface area contributed by atoms with Crippen LogP contribution in [0.4, 0.5) is 24.5 Å². The molecule has 4 rings (SSSR count). The van der Waals surface area contributed by atoms with Gasteiger partial charge >= 0.3 is 6.18 Å². The molecule has 0 atom stereocenters. The Labute approximate surface area is 210 Å². The second-order valence-electron chi connectivity index (χ2n) is 7.97. The van der Waals surface area contributed by atoms with Gasteiger partial charge in [0.1, 0.15) is 5.75 Å². The molecular weight excluding hydrogens is 513 g/mol. The number of ether oxygens (including phenoxy) is 1. The lowest BCUT2D eigenvalue weighted by Crippen LogP contribution is -2.26. The minimum absolute atomic E-state index is 0.0218. The Kier molecular flexibility index (Phi) is 6.72. The van der Waals surface area contributed by atoms with Crippen LogP contribution in [-0.4, -0.2) is 28.5 Å². The van der Waals surface area contributed by atoms with Gasteiger partial charge < -0.3 is 10.1 Å². The molecule has 0 fully saturated rings. The normalized spacial score (nSPS) is 11.9. The molecule has 4 aromatic rings. The third kappa shape index (κ3) is 5.02. The van der Waals surface area contributed by atoms with E-state index in [-0.39, 0.29) is 15.5 Å². The second-order valence-corrected chi connectivity index (χ2v) is 11.0. The zero-order valence-electron chi connectivity index (χ0n) is 19.4. The number of thiophene rings is 1. The number of sulfonamides is 1. The fourth-order valence-corrected chi connectivity index (χ4v) is 5.82. The maximum absolute atomic E-state index is 13.2. The number of hydrogen-bond acceptors (Lipinski definition) is 5. The van der Waals surface area contributed by atoms with Crippen molar-refractivity contribution in [3.05, 3.63) is 82.7 Å². The highest BCUT2D eigenvalue weighted by atomic mass is 32.2. The lowest BCUT2D eigenvalue weighted by molar-refractivity contribution is -0.137. The molecule has 11 heteroatoms. The van der Waals surface area contributed by atoms with Crippen molar-refractivity contribution in [2.24, 2.45) is 0 Å².